The lowest BCUT2D eigenvalue weighted by atomic mass is 10.0. The smallest absolute Gasteiger partial charge is 0.255 e. The Kier molecular flexibility index (Phi) is 6.75. The first-order valence-electron chi connectivity index (χ1n) is 8.41. The molecule has 0 saturated heterocycles. The van der Waals surface area contributed by atoms with Crippen LogP contribution in [0, 0.1) is 5.82 Å². The monoisotopic (exact) mass is 376 g/mol. The number of halogens is 2. The molecular weight excluding hydrogens is 355 g/mol. The van der Waals surface area contributed by atoms with Gasteiger partial charge in [0.25, 0.3) is 5.91 Å². The molecule has 0 spiro atoms. The van der Waals surface area contributed by atoms with Crippen molar-refractivity contribution in [3.63, 3.8) is 0 Å². The lowest BCUT2D eigenvalue weighted by Crippen LogP contribution is -2.37. The van der Waals surface area contributed by atoms with Gasteiger partial charge in [-0.25, -0.2) is 4.39 Å². The fraction of sp³-hybridized carbons (Fsp3) is 0.300. The topological polar surface area (TPSA) is 49.4 Å². The maximum atomic E-state index is 13.8. The second-order valence-corrected chi connectivity index (χ2v) is 6.68. The summed E-state index contributed by atoms with van der Waals surface area (Å²) < 4.78 is 13.8. The van der Waals surface area contributed by atoms with E-state index in [1.807, 2.05) is 24.3 Å². The summed E-state index contributed by atoms with van der Waals surface area (Å²) in [5, 5.41) is 2.66. The molecule has 0 saturated carbocycles. The Hall–Kier alpha value is -2.40. The number of rotatable bonds is 6. The Balaban J connectivity index is 2.03. The summed E-state index contributed by atoms with van der Waals surface area (Å²) >= 11 is 5.89. The number of amides is 2. The third-order valence-corrected chi connectivity index (χ3v) is 4.38. The molecule has 2 aromatic carbocycles. The quantitative estimate of drug-likeness (QED) is 0.813. The molecule has 0 fully saturated rings. The summed E-state index contributed by atoms with van der Waals surface area (Å²) in [7, 11) is 0. The fourth-order valence-corrected chi connectivity index (χ4v) is 2.84. The van der Waals surface area contributed by atoms with Gasteiger partial charge >= 0.3 is 0 Å². The van der Waals surface area contributed by atoms with E-state index in [1.54, 1.807) is 4.90 Å². The lowest BCUT2D eigenvalue weighted by molar-refractivity contribution is -0.116. The molecule has 0 radical (unpaired) electrons. The average molecular weight is 377 g/mol. The van der Waals surface area contributed by atoms with Gasteiger partial charge in [-0.05, 0) is 35.7 Å². The molecule has 0 bridgehead atoms. The van der Waals surface area contributed by atoms with Gasteiger partial charge in [0.2, 0.25) is 5.91 Å². The number of nitrogens with zero attached hydrogens (tertiary/aromatic N) is 1. The summed E-state index contributed by atoms with van der Waals surface area (Å²) in [5.74, 6) is -1.02. The molecule has 2 aromatic rings. The summed E-state index contributed by atoms with van der Waals surface area (Å²) in [4.78, 5) is 25.7. The summed E-state index contributed by atoms with van der Waals surface area (Å²) in [6.07, 6.45) is 0. The van der Waals surface area contributed by atoms with Crippen molar-refractivity contribution in [2.45, 2.75) is 26.7 Å². The first-order valence-corrected chi connectivity index (χ1v) is 8.79. The number of nitrogens with one attached hydrogen (secondary N) is 1. The van der Waals surface area contributed by atoms with E-state index in [0.29, 0.717) is 5.92 Å². The minimum atomic E-state index is -0.678. The van der Waals surface area contributed by atoms with Crippen LogP contribution in [-0.2, 0) is 4.79 Å². The lowest BCUT2D eigenvalue weighted by Gasteiger charge is -2.22. The molecule has 26 heavy (non-hydrogen) atoms. The molecule has 2 amide bonds. The van der Waals surface area contributed by atoms with Gasteiger partial charge in [0, 0.05) is 25.7 Å². The standard InChI is InChI=1S/C20H22ClFN2O2/c1-13(2)15-7-9-16(10-8-15)24(14(3)25)12-11-23-20(26)19-17(21)5-4-6-18(19)22/h4-10,13H,11-12H2,1-3H3,(H,23,26). The molecule has 2 rings (SSSR count). The van der Waals surface area contributed by atoms with Crippen molar-refractivity contribution >= 4 is 29.1 Å². The molecular formula is C20H22ClFN2O2. The van der Waals surface area contributed by atoms with Crippen LogP contribution in [0.1, 0.15) is 42.6 Å². The van der Waals surface area contributed by atoms with Crippen molar-refractivity contribution in [2.24, 2.45) is 0 Å². The van der Waals surface area contributed by atoms with Crippen LogP contribution in [0.5, 0.6) is 0 Å². The normalized spacial score (nSPS) is 10.7. The molecule has 0 aliphatic rings. The molecule has 0 unspecified atom stereocenters. The molecule has 6 heteroatoms. The number of hydrogen-bond donors (Lipinski definition) is 1. The van der Waals surface area contributed by atoms with Crippen LogP contribution in [0.4, 0.5) is 10.1 Å². The van der Waals surface area contributed by atoms with E-state index >= 15 is 0 Å². The van der Waals surface area contributed by atoms with Gasteiger partial charge in [-0.2, -0.15) is 0 Å². The third-order valence-electron chi connectivity index (χ3n) is 4.06. The Morgan fingerprint density at radius 1 is 1.15 bits per heavy atom. The van der Waals surface area contributed by atoms with E-state index in [4.69, 9.17) is 11.6 Å². The van der Waals surface area contributed by atoms with Gasteiger partial charge in [-0.1, -0.05) is 43.6 Å². The largest absolute Gasteiger partial charge is 0.350 e. The van der Waals surface area contributed by atoms with Crippen molar-refractivity contribution in [2.75, 3.05) is 18.0 Å². The number of anilines is 1. The van der Waals surface area contributed by atoms with Crippen LogP contribution in [0.2, 0.25) is 5.02 Å². The molecule has 4 nitrogen and oxygen atoms in total. The molecule has 1 N–H and O–H groups in total. The van der Waals surface area contributed by atoms with Gasteiger partial charge < -0.3 is 10.2 Å². The number of hydrogen-bond acceptors (Lipinski definition) is 2. The van der Waals surface area contributed by atoms with Crippen molar-refractivity contribution in [1.82, 2.24) is 5.32 Å². The number of carbonyl (C=O) groups excluding carboxylic acids is 2. The van der Waals surface area contributed by atoms with E-state index in [1.165, 1.54) is 30.7 Å². The first-order chi connectivity index (χ1) is 12.3. The molecule has 0 atom stereocenters. The second-order valence-electron chi connectivity index (χ2n) is 6.27. The van der Waals surface area contributed by atoms with E-state index in [-0.39, 0.29) is 29.6 Å². The van der Waals surface area contributed by atoms with Crippen molar-refractivity contribution < 1.29 is 14.0 Å². The second kappa shape index (κ2) is 8.81. The van der Waals surface area contributed by atoms with Crippen molar-refractivity contribution in [1.29, 1.82) is 0 Å². The summed E-state index contributed by atoms with van der Waals surface area (Å²) in [5.41, 5.74) is 1.74. The number of benzene rings is 2. The Morgan fingerprint density at radius 2 is 1.81 bits per heavy atom. The van der Waals surface area contributed by atoms with Crippen LogP contribution in [-0.4, -0.2) is 24.9 Å². The van der Waals surface area contributed by atoms with Crippen molar-refractivity contribution in [3.8, 4) is 0 Å². The zero-order valence-electron chi connectivity index (χ0n) is 15.1. The highest BCUT2D eigenvalue weighted by Crippen LogP contribution is 2.21. The highest BCUT2D eigenvalue weighted by Gasteiger charge is 2.17. The Morgan fingerprint density at radius 3 is 2.35 bits per heavy atom. The van der Waals surface area contributed by atoms with Gasteiger partial charge in [0.1, 0.15) is 5.82 Å². The molecule has 0 aliphatic carbocycles. The minimum absolute atomic E-state index is 0.0511. The molecule has 0 heterocycles. The van der Waals surface area contributed by atoms with Crippen molar-refractivity contribution in [3.05, 3.63) is 64.4 Å². The van der Waals surface area contributed by atoms with E-state index < -0.39 is 11.7 Å². The van der Waals surface area contributed by atoms with E-state index in [9.17, 15) is 14.0 Å². The predicted octanol–water partition coefficient (Wildman–Crippen LogP) is 4.39. The van der Waals surface area contributed by atoms with Gasteiger partial charge in [-0.3, -0.25) is 9.59 Å². The SMILES string of the molecule is CC(=O)N(CCNC(=O)c1c(F)cccc1Cl)c1ccc(C(C)C)cc1. The van der Waals surface area contributed by atoms with Gasteiger partial charge in [0.15, 0.2) is 0 Å². The number of carbonyl (C=O) groups is 2. The third kappa shape index (κ3) is 4.82. The summed E-state index contributed by atoms with van der Waals surface area (Å²) in [6.45, 7) is 6.11. The highest BCUT2D eigenvalue weighted by molar-refractivity contribution is 6.33. The van der Waals surface area contributed by atoms with Gasteiger partial charge in [0.05, 0.1) is 10.6 Å². The summed E-state index contributed by atoms with van der Waals surface area (Å²) in [6, 6.07) is 11.8. The first kappa shape index (κ1) is 19.9. The zero-order valence-corrected chi connectivity index (χ0v) is 15.8. The molecule has 0 aromatic heterocycles. The molecule has 0 aliphatic heterocycles. The van der Waals surface area contributed by atoms with Gasteiger partial charge in [-0.15, -0.1) is 0 Å². The fourth-order valence-electron chi connectivity index (χ4n) is 2.59. The maximum absolute atomic E-state index is 13.8. The predicted molar refractivity (Wildman–Crippen MR) is 102 cm³/mol. The van der Waals surface area contributed by atoms with Crippen LogP contribution < -0.4 is 10.2 Å². The van der Waals surface area contributed by atoms with Crippen LogP contribution in [0.25, 0.3) is 0 Å². The average Bonchev–Trinajstić information content (AvgIpc) is 2.58. The zero-order chi connectivity index (χ0) is 19.3. The minimum Gasteiger partial charge on any atom is -0.350 e. The van der Waals surface area contributed by atoms with Crippen LogP contribution >= 0.6 is 11.6 Å². The maximum Gasteiger partial charge on any atom is 0.255 e. The highest BCUT2D eigenvalue weighted by atomic mass is 35.5. The van der Waals surface area contributed by atoms with Crippen LogP contribution in [0.15, 0.2) is 42.5 Å². The Labute approximate surface area is 158 Å². The van der Waals surface area contributed by atoms with E-state index in [2.05, 4.69) is 19.2 Å². The van der Waals surface area contributed by atoms with Crippen LogP contribution in [0.3, 0.4) is 0 Å². The molecule has 138 valence electrons. The Bertz CT molecular complexity index is 771. The van der Waals surface area contributed by atoms with E-state index in [0.717, 1.165) is 5.69 Å².